The molecule has 0 saturated carbocycles. The minimum atomic E-state index is -4.42. The van der Waals surface area contributed by atoms with Crippen LogP contribution in [0.1, 0.15) is 57.6 Å². The smallest absolute Gasteiger partial charge is 0.416 e. The maximum absolute atomic E-state index is 12.8. The summed E-state index contributed by atoms with van der Waals surface area (Å²) in [6.07, 6.45) is -2.95. The van der Waals surface area contributed by atoms with E-state index in [9.17, 15) is 22.8 Å². The molecule has 0 spiro atoms. The molecule has 0 radical (unpaired) electrons. The zero-order chi connectivity index (χ0) is 22.8. The monoisotopic (exact) mass is 431 g/mol. The van der Waals surface area contributed by atoms with E-state index in [1.54, 1.807) is 20.8 Å². The van der Waals surface area contributed by atoms with Crippen molar-refractivity contribution in [3.63, 3.8) is 0 Å². The zero-order valence-electron chi connectivity index (χ0n) is 18.0. The van der Waals surface area contributed by atoms with E-state index in [1.807, 2.05) is 7.05 Å². The lowest BCUT2D eigenvalue weighted by Gasteiger charge is -2.23. The van der Waals surface area contributed by atoms with Gasteiger partial charge in [-0.15, -0.1) is 0 Å². The molecule has 0 aliphatic heterocycles. The topological polar surface area (TPSA) is 79.5 Å². The number of rotatable bonds is 10. The van der Waals surface area contributed by atoms with E-state index in [0.717, 1.165) is 25.1 Å². The molecule has 0 saturated heterocycles. The summed E-state index contributed by atoms with van der Waals surface area (Å²) < 4.78 is 43.6. The summed E-state index contributed by atoms with van der Waals surface area (Å²) in [5, 5.41) is 8.45. The van der Waals surface area contributed by atoms with Crippen molar-refractivity contribution in [1.82, 2.24) is 16.0 Å². The zero-order valence-corrected chi connectivity index (χ0v) is 18.0. The summed E-state index contributed by atoms with van der Waals surface area (Å²) in [6, 6.07) is 4.61. The van der Waals surface area contributed by atoms with Crippen molar-refractivity contribution in [3.05, 3.63) is 35.4 Å². The van der Waals surface area contributed by atoms with Crippen molar-refractivity contribution in [2.45, 2.75) is 70.8 Å². The molecule has 30 heavy (non-hydrogen) atoms. The van der Waals surface area contributed by atoms with Gasteiger partial charge in [-0.3, -0.25) is 4.79 Å². The number of hydrogen-bond acceptors (Lipinski definition) is 4. The number of carbonyl (C=O) groups excluding carboxylic acids is 2. The average Bonchev–Trinajstić information content (AvgIpc) is 2.62. The van der Waals surface area contributed by atoms with Crippen LogP contribution >= 0.6 is 0 Å². The Morgan fingerprint density at radius 1 is 1.13 bits per heavy atom. The minimum Gasteiger partial charge on any atom is -0.444 e. The number of ether oxygens (including phenoxy) is 1. The Morgan fingerprint density at radius 3 is 2.43 bits per heavy atom. The minimum absolute atomic E-state index is 0.00662. The number of halogens is 3. The molecular weight excluding hydrogens is 399 g/mol. The lowest BCUT2D eigenvalue weighted by Crippen LogP contribution is -2.40. The van der Waals surface area contributed by atoms with Crippen LogP contribution in [-0.4, -0.2) is 37.2 Å². The van der Waals surface area contributed by atoms with E-state index in [0.29, 0.717) is 18.4 Å². The molecule has 0 aliphatic carbocycles. The van der Waals surface area contributed by atoms with E-state index >= 15 is 0 Å². The lowest BCUT2D eigenvalue weighted by atomic mass is 10.1. The Labute approximate surface area is 175 Å². The van der Waals surface area contributed by atoms with E-state index in [-0.39, 0.29) is 24.9 Å². The number of alkyl carbamates (subject to hydrolysis) is 1. The predicted octanol–water partition coefficient (Wildman–Crippen LogP) is 3.99. The van der Waals surface area contributed by atoms with Gasteiger partial charge in [0.1, 0.15) is 5.60 Å². The molecule has 0 bridgehead atoms. The molecule has 6 nitrogen and oxygen atoms in total. The third kappa shape index (κ3) is 11.0. The predicted molar refractivity (Wildman–Crippen MR) is 109 cm³/mol. The molecule has 1 aromatic carbocycles. The van der Waals surface area contributed by atoms with Gasteiger partial charge in [0.2, 0.25) is 5.91 Å². The quantitative estimate of drug-likeness (QED) is 0.490. The van der Waals surface area contributed by atoms with Crippen LogP contribution in [0.15, 0.2) is 24.3 Å². The Morgan fingerprint density at radius 2 is 1.83 bits per heavy atom. The molecule has 2 amide bonds. The van der Waals surface area contributed by atoms with Crippen LogP contribution in [0.5, 0.6) is 0 Å². The first-order valence-electron chi connectivity index (χ1n) is 9.97. The standard InChI is InChI=1S/C21H32F3N3O3/c1-20(2,3)30-19(29)27-17(9-6-12-25-4)10-11-18(28)26-14-15-7-5-8-16(13-15)21(22,23)24/h5,7-8,13,17,25H,6,9-12,14H2,1-4H3,(H,26,28)(H,27,29). The first-order valence-corrected chi connectivity index (χ1v) is 9.97. The van der Waals surface area contributed by atoms with Crippen molar-refractivity contribution in [2.75, 3.05) is 13.6 Å². The Balaban J connectivity index is 2.54. The van der Waals surface area contributed by atoms with Gasteiger partial charge >= 0.3 is 12.3 Å². The maximum Gasteiger partial charge on any atom is 0.416 e. The molecule has 1 aromatic rings. The fraction of sp³-hybridized carbons (Fsp3) is 0.619. The molecule has 170 valence electrons. The van der Waals surface area contributed by atoms with Crippen LogP contribution in [0.4, 0.5) is 18.0 Å². The molecule has 0 aliphatic rings. The Bertz CT molecular complexity index is 688. The highest BCUT2D eigenvalue weighted by atomic mass is 19.4. The second-order valence-electron chi connectivity index (χ2n) is 8.10. The van der Waals surface area contributed by atoms with Gasteiger partial charge in [-0.2, -0.15) is 13.2 Å². The van der Waals surface area contributed by atoms with Crippen LogP contribution < -0.4 is 16.0 Å². The highest BCUT2D eigenvalue weighted by molar-refractivity contribution is 5.76. The van der Waals surface area contributed by atoms with E-state index in [2.05, 4.69) is 16.0 Å². The Kier molecular flexibility index (Phi) is 10.1. The number of alkyl halides is 3. The van der Waals surface area contributed by atoms with Crippen molar-refractivity contribution in [1.29, 1.82) is 0 Å². The highest BCUT2D eigenvalue weighted by Crippen LogP contribution is 2.29. The Hall–Kier alpha value is -2.29. The third-order valence-electron chi connectivity index (χ3n) is 4.16. The van der Waals surface area contributed by atoms with Gasteiger partial charge in [0.25, 0.3) is 0 Å². The highest BCUT2D eigenvalue weighted by Gasteiger charge is 2.30. The molecule has 3 N–H and O–H groups in total. The van der Waals surface area contributed by atoms with Gasteiger partial charge in [-0.25, -0.2) is 4.79 Å². The first kappa shape index (κ1) is 25.7. The molecular formula is C21H32F3N3O3. The van der Waals surface area contributed by atoms with Gasteiger partial charge in [-0.05, 0) is 71.3 Å². The van der Waals surface area contributed by atoms with Crippen LogP contribution in [0.3, 0.4) is 0 Å². The molecule has 0 heterocycles. The number of nitrogens with one attached hydrogen (secondary N) is 3. The van der Waals surface area contributed by atoms with E-state index in [1.165, 1.54) is 12.1 Å². The van der Waals surface area contributed by atoms with Crippen molar-refractivity contribution in [3.8, 4) is 0 Å². The SMILES string of the molecule is CNCCCC(CCC(=O)NCc1cccc(C(F)(F)F)c1)NC(=O)OC(C)(C)C. The molecule has 1 atom stereocenters. The van der Waals surface area contributed by atoms with Gasteiger partial charge in [-0.1, -0.05) is 12.1 Å². The summed E-state index contributed by atoms with van der Waals surface area (Å²) in [7, 11) is 1.83. The summed E-state index contributed by atoms with van der Waals surface area (Å²) in [6.45, 7) is 6.08. The van der Waals surface area contributed by atoms with Gasteiger partial charge in [0.05, 0.1) is 5.56 Å². The van der Waals surface area contributed by atoms with Crippen LogP contribution in [-0.2, 0) is 22.3 Å². The largest absolute Gasteiger partial charge is 0.444 e. The second-order valence-corrected chi connectivity index (χ2v) is 8.10. The summed E-state index contributed by atoms with van der Waals surface area (Å²) >= 11 is 0. The number of benzene rings is 1. The maximum atomic E-state index is 12.8. The molecule has 9 heteroatoms. The van der Waals surface area contributed by atoms with Crippen LogP contribution in [0.2, 0.25) is 0 Å². The first-order chi connectivity index (χ1) is 13.9. The van der Waals surface area contributed by atoms with Crippen molar-refractivity contribution < 1.29 is 27.5 Å². The van der Waals surface area contributed by atoms with Crippen LogP contribution in [0, 0.1) is 0 Å². The normalized spacial score (nSPS) is 12.9. The molecule has 0 aromatic heterocycles. The summed E-state index contributed by atoms with van der Waals surface area (Å²) in [4.78, 5) is 24.2. The van der Waals surface area contributed by atoms with Crippen LogP contribution in [0.25, 0.3) is 0 Å². The molecule has 1 unspecified atom stereocenters. The van der Waals surface area contributed by atoms with E-state index < -0.39 is 23.4 Å². The van der Waals surface area contributed by atoms with Crippen molar-refractivity contribution >= 4 is 12.0 Å². The van der Waals surface area contributed by atoms with E-state index in [4.69, 9.17) is 4.74 Å². The summed E-state index contributed by atoms with van der Waals surface area (Å²) in [5.41, 5.74) is -1.00. The van der Waals surface area contributed by atoms with Gasteiger partial charge < -0.3 is 20.7 Å². The second kappa shape index (κ2) is 11.8. The number of amides is 2. The molecule has 1 rings (SSSR count). The summed E-state index contributed by atoms with van der Waals surface area (Å²) in [5.74, 6) is -0.294. The third-order valence-corrected chi connectivity index (χ3v) is 4.16. The fourth-order valence-corrected chi connectivity index (χ4v) is 2.74. The van der Waals surface area contributed by atoms with Gasteiger partial charge in [0.15, 0.2) is 0 Å². The average molecular weight is 431 g/mol. The van der Waals surface area contributed by atoms with Gasteiger partial charge in [0, 0.05) is 19.0 Å². The van der Waals surface area contributed by atoms with Crippen molar-refractivity contribution in [2.24, 2.45) is 0 Å². The fourth-order valence-electron chi connectivity index (χ4n) is 2.74. The lowest BCUT2D eigenvalue weighted by molar-refractivity contribution is -0.137. The number of hydrogen-bond donors (Lipinski definition) is 3. The molecule has 0 fully saturated rings. The number of carbonyl (C=O) groups is 2.